The van der Waals surface area contributed by atoms with Crippen molar-refractivity contribution in [2.75, 3.05) is 26.7 Å². The van der Waals surface area contributed by atoms with Crippen molar-refractivity contribution in [3.63, 3.8) is 0 Å². The highest BCUT2D eigenvalue weighted by atomic mass is 35.5. The molecule has 1 fully saturated rings. The van der Waals surface area contributed by atoms with Crippen molar-refractivity contribution >= 4 is 39.7 Å². The predicted molar refractivity (Wildman–Crippen MR) is 103 cm³/mol. The van der Waals surface area contributed by atoms with Gasteiger partial charge in [0.15, 0.2) is 0 Å². The first-order valence-electron chi connectivity index (χ1n) is 8.24. The lowest BCUT2D eigenvalue weighted by atomic mass is 10.1. The van der Waals surface area contributed by atoms with Crippen molar-refractivity contribution < 1.29 is 9.53 Å². The number of thiophene rings is 1. The largest absolute Gasteiger partial charge is 0.497 e. The van der Waals surface area contributed by atoms with Gasteiger partial charge in [0.25, 0.3) is 5.91 Å². The van der Waals surface area contributed by atoms with Crippen LogP contribution in [0, 0.1) is 6.92 Å². The maximum atomic E-state index is 13.1. The molecule has 1 aromatic carbocycles. The Bertz CT molecular complexity index is 710. The van der Waals surface area contributed by atoms with Crippen LogP contribution in [0.3, 0.4) is 0 Å². The van der Waals surface area contributed by atoms with Gasteiger partial charge in [-0.2, -0.15) is 0 Å². The fraction of sp³-hybridized carbons (Fsp3) is 0.500. The number of rotatable bonds is 5. The second kappa shape index (κ2) is 8.19. The summed E-state index contributed by atoms with van der Waals surface area (Å²) in [5.41, 5.74) is 1.07. The Morgan fingerprint density at radius 3 is 2.88 bits per heavy atom. The van der Waals surface area contributed by atoms with Gasteiger partial charge < -0.3 is 15.0 Å². The summed E-state index contributed by atoms with van der Waals surface area (Å²) in [5, 5.41) is 4.49. The van der Waals surface area contributed by atoms with Gasteiger partial charge in [0.1, 0.15) is 5.75 Å². The summed E-state index contributed by atoms with van der Waals surface area (Å²) in [6.07, 6.45) is 2.03. The van der Waals surface area contributed by atoms with Gasteiger partial charge in [-0.1, -0.05) is 6.92 Å². The van der Waals surface area contributed by atoms with E-state index >= 15 is 0 Å². The van der Waals surface area contributed by atoms with Crippen molar-refractivity contribution in [3.05, 3.63) is 28.6 Å². The third-order valence-corrected chi connectivity index (χ3v) is 5.80. The Balaban J connectivity index is 0.00000208. The highest BCUT2D eigenvalue weighted by molar-refractivity contribution is 7.21. The van der Waals surface area contributed by atoms with Crippen LogP contribution in [0.15, 0.2) is 18.2 Å². The summed E-state index contributed by atoms with van der Waals surface area (Å²) < 4.78 is 6.46. The molecule has 6 heteroatoms. The average molecular weight is 369 g/mol. The van der Waals surface area contributed by atoms with Gasteiger partial charge in [-0.15, -0.1) is 23.7 Å². The molecule has 4 nitrogen and oxygen atoms in total. The Labute approximate surface area is 153 Å². The van der Waals surface area contributed by atoms with Gasteiger partial charge in [-0.3, -0.25) is 4.79 Å². The summed E-state index contributed by atoms with van der Waals surface area (Å²) in [5.74, 6) is 1.01. The topological polar surface area (TPSA) is 41.6 Å². The minimum atomic E-state index is 0. The number of fused-ring (bicyclic) bond motifs is 1. The number of aryl methyl sites for hydroxylation is 1. The molecular formula is C18H25ClN2O2S. The van der Waals surface area contributed by atoms with E-state index < -0.39 is 0 Å². The van der Waals surface area contributed by atoms with Gasteiger partial charge in [0.2, 0.25) is 0 Å². The van der Waals surface area contributed by atoms with Crippen molar-refractivity contribution in [2.45, 2.75) is 32.7 Å². The minimum Gasteiger partial charge on any atom is -0.497 e. The maximum Gasteiger partial charge on any atom is 0.264 e. The zero-order chi connectivity index (χ0) is 16.4. The van der Waals surface area contributed by atoms with Crippen LogP contribution < -0.4 is 10.1 Å². The molecule has 1 atom stereocenters. The number of nitrogens with one attached hydrogen (secondary N) is 1. The van der Waals surface area contributed by atoms with E-state index in [1.54, 1.807) is 18.4 Å². The zero-order valence-electron chi connectivity index (χ0n) is 14.4. The number of methoxy groups -OCH3 is 1. The molecule has 1 aliphatic heterocycles. The number of ether oxygens (including phenoxy) is 1. The molecule has 0 saturated carbocycles. The van der Waals surface area contributed by atoms with E-state index in [0.717, 1.165) is 58.8 Å². The molecule has 2 heterocycles. The molecule has 1 N–H and O–H groups in total. The third-order valence-electron chi connectivity index (χ3n) is 4.54. The first-order chi connectivity index (χ1) is 11.2. The quantitative estimate of drug-likeness (QED) is 0.871. The van der Waals surface area contributed by atoms with Crippen molar-refractivity contribution in [1.29, 1.82) is 0 Å². The standard InChI is InChI=1S/C18H24N2O2S.ClH/c1-4-9-20(13-7-8-19-11-13)18(21)17-12(2)15-10-14(22-3)5-6-16(15)23-17;/h5-6,10,13,19H,4,7-9,11H2,1-3H3;1H. The van der Waals surface area contributed by atoms with Crippen LogP contribution in [-0.2, 0) is 0 Å². The number of carbonyl (C=O) groups is 1. The van der Waals surface area contributed by atoms with Crippen LogP contribution in [0.1, 0.15) is 35.0 Å². The summed E-state index contributed by atoms with van der Waals surface area (Å²) in [6.45, 7) is 6.90. The number of hydrogen-bond acceptors (Lipinski definition) is 4. The van der Waals surface area contributed by atoms with Gasteiger partial charge in [0.05, 0.1) is 12.0 Å². The first-order valence-corrected chi connectivity index (χ1v) is 9.06. The lowest BCUT2D eigenvalue weighted by Crippen LogP contribution is -2.42. The highest BCUT2D eigenvalue weighted by Crippen LogP contribution is 2.34. The van der Waals surface area contributed by atoms with Crippen LogP contribution in [0.25, 0.3) is 10.1 Å². The third kappa shape index (κ3) is 3.53. The van der Waals surface area contributed by atoms with E-state index in [9.17, 15) is 4.79 Å². The van der Waals surface area contributed by atoms with Gasteiger partial charge >= 0.3 is 0 Å². The summed E-state index contributed by atoms with van der Waals surface area (Å²) in [6, 6.07) is 6.35. The molecule has 1 aromatic heterocycles. The lowest BCUT2D eigenvalue weighted by Gasteiger charge is -2.28. The van der Waals surface area contributed by atoms with E-state index in [1.165, 1.54) is 0 Å². The maximum absolute atomic E-state index is 13.1. The first kappa shape index (κ1) is 19.0. The zero-order valence-corrected chi connectivity index (χ0v) is 16.1. The molecule has 2 aromatic rings. The van der Waals surface area contributed by atoms with Crippen LogP contribution >= 0.6 is 23.7 Å². The Morgan fingerprint density at radius 1 is 1.46 bits per heavy atom. The molecule has 24 heavy (non-hydrogen) atoms. The van der Waals surface area contributed by atoms with Gasteiger partial charge in [0, 0.05) is 23.8 Å². The molecule has 0 aliphatic carbocycles. The monoisotopic (exact) mass is 368 g/mol. The Kier molecular flexibility index (Phi) is 6.49. The van der Waals surface area contributed by atoms with E-state index in [2.05, 4.69) is 17.1 Å². The van der Waals surface area contributed by atoms with Crippen LogP contribution in [0.5, 0.6) is 5.75 Å². The predicted octanol–water partition coefficient (Wildman–Crippen LogP) is 3.85. The second-order valence-corrected chi connectivity index (χ2v) is 7.12. The Morgan fingerprint density at radius 2 is 2.25 bits per heavy atom. The summed E-state index contributed by atoms with van der Waals surface area (Å²) >= 11 is 1.60. The molecule has 0 radical (unpaired) electrons. The fourth-order valence-corrected chi connectivity index (χ4v) is 4.40. The summed E-state index contributed by atoms with van der Waals surface area (Å²) in [7, 11) is 1.67. The minimum absolute atomic E-state index is 0. The Hall–Kier alpha value is -1.30. The molecule has 3 rings (SSSR count). The fourth-order valence-electron chi connectivity index (χ4n) is 3.26. The number of amides is 1. The molecule has 1 aliphatic rings. The number of halogens is 1. The smallest absolute Gasteiger partial charge is 0.264 e. The van der Waals surface area contributed by atoms with Crippen molar-refractivity contribution in [3.8, 4) is 5.75 Å². The van der Waals surface area contributed by atoms with Crippen molar-refractivity contribution in [2.24, 2.45) is 0 Å². The molecule has 0 bridgehead atoms. The van der Waals surface area contributed by atoms with Crippen LogP contribution in [0.2, 0.25) is 0 Å². The second-order valence-electron chi connectivity index (χ2n) is 6.06. The van der Waals surface area contributed by atoms with Gasteiger partial charge in [-0.25, -0.2) is 0 Å². The SMILES string of the molecule is CCCN(C(=O)c1sc2ccc(OC)cc2c1C)C1CCNC1.Cl. The molecular weight excluding hydrogens is 344 g/mol. The molecule has 0 spiro atoms. The molecule has 1 amide bonds. The molecule has 132 valence electrons. The number of carbonyl (C=O) groups excluding carboxylic acids is 1. The number of benzene rings is 1. The number of hydrogen-bond donors (Lipinski definition) is 1. The van der Waals surface area contributed by atoms with E-state index in [-0.39, 0.29) is 18.3 Å². The normalized spacial score (nSPS) is 16.9. The highest BCUT2D eigenvalue weighted by Gasteiger charge is 2.29. The average Bonchev–Trinajstić information content (AvgIpc) is 3.20. The van der Waals surface area contributed by atoms with Crippen molar-refractivity contribution in [1.82, 2.24) is 10.2 Å². The van der Waals surface area contributed by atoms with E-state index in [0.29, 0.717) is 6.04 Å². The van der Waals surface area contributed by atoms with Crippen LogP contribution in [0.4, 0.5) is 0 Å². The van der Waals surface area contributed by atoms with E-state index in [1.807, 2.05) is 25.1 Å². The molecule has 1 saturated heterocycles. The van der Waals surface area contributed by atoms with Crippen LogP contribution in [-0.4, -0.2) is 43.6 Å². The van der Waals surface area contributed by atoms with Gasteiger partial charge in [-0.05, 0) is 55.5 Å². The lowest BCUT2D eigenvalue weighted by molar-refractivity contribution is 0.0696. The number of nitrogens with zero attached hydrogens (tertiary/aromatic N) is 1. The van der Waals surface area contributed by atoms with E-state index in [4.69, 9.17) is 4.74 Å². The summed E-state index contributed by atoms with van der Waals surface area (Å²) in [4.78, 5) is 16.1. The molecule has 1 unspecified atom stereocenters.